The fourth-order valence-corrected chi connectivity index (χ4v) is 3.82. The summed E-state index contributed by atoms with van der Waals surface area (Å²) in [7, 11) is 0. The number of halogens is 2. The summed E-state index contributed by atoms with van der Waals surface area (Å²) >= 11 is 0. The van der Waals surface area contributed by atoms with E-state index in [4.69, 9.17) is 4.74 Å². The molecule has 0 aromatic heterocycles. The van der Waals surface area contributed by atoms with Gasteiger partial charge in [-0.1, -0.05) is 32.8 Å². The lowest BCUT2D eigenvalue weighted by Crippen LogP contribution is -2.20. The van der Waals surface area contributed by atoms with Crippen LogP contribution in [-0.2, 0) is 0 Å². The Hall–Kier alpha value is -1.12. The predicted octanol–water partition coefficient (Wildman–Crippen LogP) is 6.07. The van der Waals surface area contributed by atoms with Crippen LogP contribution in [-0.4, -0.2) is 6.61 Å². The summed E-state index contributed by atoms with van der Waals surface area (Å²) in [6, 6.07) is 3.28. The van der Waals surface area contributed by atoms with Crippen molar-refractivity contribution in [2.24, 2.45) is 11.8 Å². The van der Waals surface area contributed by atoms with E-state index in [9.17, 15) is 8.78 Å². The number of rotatable bonds is 6. The zero-order valence-electron chi connectivity index (χ0n) is 14.0. The Morgan fingerprint density at radius 3 is 2.36 bits per heavy atom. The van der Waals surface area contributed by atoms with Crippen LogP contribution >= 0.6 is 0 Å². The Morgan fingerprint density at radius 2 is 1.77 bits per heavy atom. The Bertz CT molecular complexity index is 479. The maximum atomic E-state index is 14.3. The van der Waals surface area contributed by atoms with Crippen molar-refractivity contribution in [2.75, 3.05) is 6.61 Å². The fourth-order valence-electron chi connectivity index (χ4n) is 3.82. The monoisotopic (exact) mass is 310 g/mol. The summed E-state index contributed by atoms with van der Waals surface area (Å²) in [6.45, 7) is 6.66. The van der Waals surface area contributed by atoms with Crippen molar-refractivity contribution in [3.05, 3.63) is 29.3 Å². The minimum Gasteiger partial charge on any atom is -0.491 e. The van der Waals surface area contributed by atoms with Crippen molar-refractivity contribution < 1.29 is 13.5 Å². The van der Waals surface area contributed by atoms with Gasteiger partial charge in [0.15, 0.2) is 11.6 Å². The zero-order valence-corrected chi connectivity index (χ0v) is 14.0. The second kappa shape index (κ2) is 7.94. The van der Waals surface area contributed by atoms with Crippen LogP contribution in [0.4, 0.5) is 8.78 Å². The molecule has 0 heterocycles. The average Bonchev–Trinajstić information content (AvgIpc) is 2.53. The molecule has 2 rings (SSSR count). The first kappa shape index (κ1) is 17.2. The Labute approximate surface area is 133 Å². The van der Waals surface area contributed by atoms with Gasteiger partial charge in [0.05, 0.1) is 6.61 Å². The summed E-state index contributed by atoms with van der Waals surface area (Å²) in [5.41, 5.74) is 0.530. The lowest BCUT2D eigenvalue weighted by atomic mass is 9.73. The highest BCUT2D eigenvalue weighted by molar-refractivity contribution is 5.33. The lowest BCUT2D eigenvalue weighted by Gasteiger charge is -2.32. The molecule has 1 fully saturated rings. The van der Waals surface area contributed by atoms with Crippen LogP contribution in [0.3, 0.4) is 0 Å². The van der Waals surface area contributed by atoms with Crippen LogP contribution in [0, 0.1) is 23.5 Å². The molecule has 1 aliphatic carbocycles. The van der Waals surface area contributed by atoms with E-state index < -0.39 is 11.6 Å². The molecule has 1 atom stereocenters. The Kier molecular flexibility index (Phi) is 6.22. The van der Waals surface area contributed by atoms with Crippen LogP contribution < -0.4 is 4.74 Å². The molecular weight excluding hydrogens is 282 g/mol. The van der Waals surface area contributed by atoms with E-state index in [1.54, 1.807) is 19.1 Å². The molecule has 0 saturated heterocycles. The van der Waals surface area contributed by atoms with Gasteiger partial charge in [-0.05, 0) is 62.0 Å². The predicted molar refractivity (Wildman–Crippen MR) is 86.3 cm³/mol. The molecule has 1 saturated carbocycles. The molecule has 1 aromatic rings. The van der Waals surface area contributed by atoms with Crippen molar-refractivity contribution >= 4 is 0 Å². The van der Waals surface area contributed by atoms with Gasteiger partial charge in [0.2, 0.25) is 5.82 Å². The minimum atomic E-state index is -0.833. The average molecular weight is 310 g/mol. The van der Waals surface area contributed by atoms with Crippen molar-refractivity contribution in [1.29, 1.82) is 0 Å². The molecule has 22 heavy (non-hydrogen) atoms. The van der Waals surface area contributed by atoms with Crippen LogP contribution in [0.15, 0.2) is 12.1 Å². The van der Waals surface area contributed by atoms with Crippen molar-refractivity contribution in [3.8, 4) is 5.75 Å². The third-order valence-corrected chi connectivity index (χ3v) is 5.14. The van der Waals surface area contributed by atoms with Crippen LogP contribution in [0.2, 0.25) is 0 Å². The summed E-state index contributed by atoms with van der Waals surface area (Å²) in [4.78, 5) is 0. The van der Waals surface area contributed by atoms with E-state index in [0.29, 0.717) is 12.2 Å². The molecule has 0 spiro atoms. The van der Waals surface area contributed by atoms with Gasteiger partial charge in [-0.3, -0.25) is 0 Å². The number of ether oxygens (including phenoxy) is 1. The largest absolute Gasteiger partial charge is 0.491 e. The van der Waals surface area contributed by atoms with Crippen LogP contribution in [0.25, 0.3) is 0 Å². The van der Waals surface area contributed by atoms with E-state index in [-0.39, 0.29) is 11.7 Å². The molecule has 0 amide bonds. The van der Waals surface area contributed by atoms with E-state index in [2.05, 4.69) is 13.8 Å². The van der Waals surface area contributed by atoms with Gasteiger partial charge < -0.3 is 4.74 Å². The molecule has 1 unspecified atom stereocenters. The quantitative estimate of drug-likeness (QED) is 0.619. The molecule has 1 aromatic carbocycles. The maximum Gasteiger partial charge on any atom is 0.200 e. The molecule has 124 valence electrons. The molecule has 1 nitrogen and oxygen atoms in total. The van der Waals surface area contributed by atoms with E-state index >= 15 is 0 Å². The summed E-state index contributed by atoms with van der Waals surface area (Å²) in [6.07, 6.45) is 6.66. The third-order valence-electron chi connectivity index (χ3n) is 5.14. The zero-order chi connectivity index (χ0) is 16.1. The van der Waals surface area contributed by atoms with Gasteiger partial charge in [0.25, 0.3) is 0 Å². The smallest absolute Gasteiger partial charge is 0.200 e. The number of hydrogen-bond acceptors (Lipinski definition) is 1. The molecule has 0 radical (unpaired) electrons. The van der Waals surface area contributed by atoms with Gasteiger partial charge in [-0.2, -0.15) is 4.39 Å². The molecular formula is C19H28F2O. The van der Waals surface area contributed by atoms with E-state index in [1.807, 2.05) is 0 Å². The topological polar surface area (TPSA) is 9.23 Å². The standard InChI is InChI=1S/C19H28F2O/c1-4-6-13(3)14-7-9-15(10-8-14)16-11-12-17(22-5-2)19(21)18(16)20/h11-15H,4-10H2,1-3H3. The Morgan fingerprint density at radius 1 is 1.09 bits per heavy atom. The maximum absolute atomic E-state index is 14.3. The van der Waals surface area contributed by atoms with Gasteiger partial charge >= 0.3 is 0 Å². The van der Waals surface area contributed by atoms with Crippen LogP contribution in [0.1, 0.15) is 70.8 Å². The molecule has 0 aliphatic heterocycles. The Balaban J connectivity index is 2.04. The second-order valence-electron chi connectivity index (χ2n) is 6.59. The second-order valence-corrected chi connectivity index (χ2v) is 6.59. The minimum absolute atomic E-state index is 0.0222. The van der Waals surface area contributed by atoms with Crippen molar-refractivity contribution in [1.82, 2.24) is 0 Å². The van der Waals surface area contributed by atoms with Gasteiger partial charge in [0, 0.05) is 0 Å². The van der Waals surface area contributed by atoms with Crippen molar-refractivity contribution in [3.63, 3.8) is 0 Å². The highest BCUT2D eigenvalue weighted by atomic mass is 19.2. The molecule has 0 N–H and O–H groups in total. The summed E-state index contributed by atoms with van der Waals surface area (Å²) < 4.78 is 33.4. The summed E-state index contributed by atoms with van der Waals surface area (Å²) in [5, 5.41) is 0. The SMILES string of the molecule is CCCC(C)C1CCC(c2ccc(OCC)c(F)c2F)CC1. The normalized spacial score (nSPS) is 23.3. The van der Waals surface area contributed by atoms with Gasteiger partial charge in [-0.25, -0.2) is 4.39 Å². The summed E-state index contributed by atoms with van der Waals surface area (Å²) in [5.74, 6) is 0.112. The first-order valence-electron chi connectivity index (χ1n) is 8.69. The number of benzene rings is 1. The fraction of sp³-hybridized carbons (Fsp3) is 0.684. The van der Waals surface area contributed by atoms with E-state index in [0.717, 1.165) is 37.5 Å². The van der Waals surface area contributed by atoms with E-state index in [1.165, 1.54) is 12.8 Å². The van der Waals surface area contributed by atoms with Crippen molar-refractivity contribution in [2.45, 2.75) is 65.2 Å². The molecule has 1 aliphatic rings. The first-order chi connectivity index (χ1) is 10.6. The lowest BCUT2D eigenvalue weighted by molar-refractivity contribution is 0.232. The highest BCUT2D eigenvalue weighted by Crippen LogP contribution is 2.41. The molecule has 0 bridgehead atoms. The first-order valence-corrected chi connectivity index (χ1v) is 8.69. The molecule has 3 heteroatoms. The van der Waals surface area contributed by atoms with Gasteiger partial charge in [0.1, 0.15) is 0 Å². The highest BCUT2D eigenvalue weighted by Gasteiger charge is 2.28. The van der Waals surface area contributed by atoms with Gasteiger partial charge in [-0.15, -0.1) is 0 Å². The third kappa shape index (κ3) is 3.80. The number of hydrogen-bond donors (Lipinski definition) is 0. The van der Waals surface area contributed by atoms with Crippen LogP contribution in [0.5, 0.6) is 5.75 Å².